The number of carbonyl (C=O) groups excluding carboxylic acids is 2. The molecule has 5 heteroatoms. The van der Waals surface area contributed by atoms with Crippen molar-refractivity contribution in [3.63, 3.8) is 0 Å². The maximum absolute atomic E-state index is 12.9. The Hall–Kier alpha value is -3.86. The van der Waals surface area contributed by atoms with Crippen LogP contribution in [0.3, 0.4) is 0 Å². The van der Waals surface area contributed by atoms with E-state index in [1.807, 2.05) is 12.1 Å². The molecule has 5 nitrogen and oxygen atoms in total. The van der Waals surface area contributed by atoms with E-state index in [9.17, 15) is 9.59 Å². The van der Waals surface area contributed by atoms with E-state index in [-0.39, 0.29) is 17.1 Å². The van der Waals surface area contributed by atoms with Gasteiger partial charge in [-0.15, -0.1) is 0 Å². The van der Waals surface area contributed by atoms with Crippen LogP contribution < -0.4 is 14.2 Å². The summed E-state index contributed by atoms with van der Waals surface area (Å²) < 4.78 is 15.9. The number of allylic oxidation sites excluding steroid dienone is 1. The topological polar surface area (TPSA) is 61.8 Å². The Kier molecular flexibility index (Phi) is 6.43. The van der Waals surface area contributed by atoms with E-state index < -0.39 is 5.97 Å². The van der Waals surface area contributed by atoms with Crippen LogP contribution in [0.1, 0.15) is 26.3 Å². The van der Waals surface area contributed by atoms with Gasteiger partial charge in [0.15, 0.2) is 5.78 Å². The van der Waals surface area contributed by atoms with Crippen LogP contribution in [0.2, 0.25) is 0 Å². The molecule has 0 aliphatic carbocycles. The smallest absolute Gasteiger partial charge is 0.343 e. The minimum atomic E-state index is -0.549. The third-order valence-corrected chi connectivity index (χ3v) is 4.21. The number of ether oxygens (including phenoxy) is 3. The fourth-order valence-electron chi connectivity index (χ4n) is 2.71. The van der Waals surface area contributed by atoms with Gasteiger partial charge in [-0.3, -0.25) is 4.79 Å². The third-order valence-electron chi connectivity index (χ3n) is 4.21. The summed E-state index contributed by atoms with van der Waals surface area (Å²) in [6.07, 6.45) is 3.09. The summed E-state index contributed by atoms with van der Waals surface area (Å²) in [5, 5.41) is 0. The maximum Gasteiger partial charge on any atom is 0.343 e. The second-order valence-electron chi connectivity index (χ2n) is 6.06. The van der Waals surface area contributed by atoms with Crippen molar-refractivity contribution in [3.8, 4) is 17.2 Å². The SMILES string of the molecule is COc1ccc(/C=C/C(=O)c2c(OC)cccc2OC(=O)c2ccccc2)cc1. The molecule has 0 unspecified atom stereocenters. The van der Waals surface area contributed by atoms with Gasteiger partial charge in [0.25, 0.3) is 0 Å². The summed E-state index contributed by atoms with van der Waals surface area (Å²) >= 11 is 0. The lowest BCUT2D eigenvalue weighted by Crippen LogP contribution is -2.11. The summed E-state index contributed by atoms with van der Waals surface area (Å²) in [5.74, 6) is 0.310. The van der Waals surface area contributed by atoms with E-state index in [0.717, 1.165) is 11.3 Å². The fourth-order valence-corrected chi connectivity index (χ4v) is 2.71. The van der Waals surface area contributed by atoms with Crippen molar-refractivity contribution >= 4 is 17.8 Å². The van der Waals surface area contributed by atoms with Crippen molar-refractivity contribution in [1.82, 2.24) is 0 Å². The molecule has 0 saturated heterocycles. The van der Waals surface area contributed by atoms with E-state index in [2.05, 4.69) is 0 Å². The molecule has 0 amide bonds. The van der Waals surface area contributed by atoms with E-state index in [1.165, 1.54) is 13.2 Å². The zero-order valence-corrected chi connectivity index (χ0v) is 16.1. The quantitative estimate of drug-likeness (QED) is 0.251. The van der Waals surface area contributed by atoms with Crippen molar-refractivity contribution in [2.45, 2.75) is 0 Å². The van der Waals surface area contributed by atoms with Gasteiger partial charge in [-0.1, -0.05) is 42.5 Å². The van der Waals surface area contributed by atoms with Gasteiger partial charge in [-0.25, -0.2) is 4.79 Å². The highest BCUT2D eigenvalue weighted by atomic mass is 16.5. The molecule has 0 fully saturated rings. The van der Waals surface area contributed by atoms with Crippen molar-refractivity contribution in [2.75, 3.05) is 14.2 Å². The van der Waals surface area contributed by atoms with Crippen LogP contribution in [0.15, 0.2) is 78.9 Å². The lowest BCUT2D eigenvalue weighted by Gasteiger charge is -2.12. The molecule has 0 bridgehead atoms. The van der Waals surface area contributed by atoms with Crippen LogP contribution in [0.4, 0.5) is 0 Å². The lowest BCUT2D eigenvalue weighted by molar-refractivity contribution is 0.0732. The number of carbonyl (C=O) groups is 2. The van der Waals surface area contributed by atoms with Crippen LogP contribution in [0.5, 0.6) is 17.2 Å². The normalized spacial score (nSPS) is 10.6. The van der Waals surface area contributed by atoms with Crippen LogP contribution in [-0.4, -0.2) is 26.0 Å². The first-order valence-electron chi connectivity index (χ1n) is 8.93. The Balaban J connectivity index is 1.87. The van der Waals surface area contributed by atoms with Gasteiger partial charge >= 0.3 is 5.97 Å². The number of esters is 1. The van der Waals surface area contributed by atoms with Crippen LogP contribution in [0, 0.1) is 0 Å². The van der Waals surface area contributed by atoms with Crippen molar-refractivity contribution < 1.29 is 23.8 Å². The monoisotopic (exact) mass is 388 g/mol. The van der Waals surface area contributed by atoms with E-state index in [0.29, 0.717) is 11.3 Å². The van der Waals surface area contributed by atoms with E-state index in [4.69, 9.17) is 14.2 Å². The number of hydrogen-bond donors (Lipinski definition) is 0. The number of methoxy groups -OCH3 is 2. The summed E-state index contributed by atoms with van der Waals surface area (Å²) in [7, 11) is 3.05. The molecule has 0 saturated carbocycles. The van der Waals surface area contributed by atoms with Crippen LogP contribution >= 0.6 is 0 Å². The van der Waals surface area contributed by atoms with Crippen LogP contribution in [-0.2, 0) is 0 Å². The molecule has 0 N–H and O–H groups in total. The zero-order valence-electron chi connectivity index (χ0n) is 16.1. The van der Waals surface area contributed by atoms with Gasteiger partial charge < -0.3 is 14.2 Å². The predicted molar refractivity (Wildman–Crippen MR) is 111 cm³/mol. The molecule has 0 spiro atoms. The standard InChI is InChI=1S/C24H20O5/c1-27-19-14-11-17(12-15-19)13-16-20(25)23-21(28-2)9-6-10-22(23)29-24(26)18-7-4-3-5-8-18/h3-16H,1-2H3/b16-13+. The Labute approximate surface area is 169 Å². The van der Waals surface area contributed by atoms with Gasteiger partial charge in [-0.05, 0) is 48.0 Å². The van der Waals surface area contributed by atoms with Gasteiger partial charge in [0, 0.05) is 0 Å². The molecule has 3 rings (SSSR count). The average Bonchev–Trinajstić information content (AvgIpc) is 2.78. The van der Waals surface area contributed by atoms with Crippen molar-refractivity contribution in [3.05, 3.63) is 95.6 Å². The van der Waals surface area contributed by atoms with Gasteiger partial charge in [0.2, 0.25) is 0 Å². The second-order valence-corrected chi connectivity index (χ2v) is 6.06. The molecular formula is C24H20O5. The molecule has 29 heavy (non-hydrogen) atoms. The van der Waals surface area contributed by atoms with Crippen LogP contribution in [0.25, 0.3) is 6.08 Å². The van der Waals surface area contributed by atoms with Crippen molar-refractivity contribution in [2.24, 2.45) is 0 Å². The molecule has 3 aromatic rings. The first-order valence-corrected chi connectivity index (χ1v) is 8.93. The van der Waals surface area contributed by atoms with Crippen molar-refractivity contribution in [1.29, 1.82) is 0 Å². The largest absolute Gasteiger partial charge is 0.497 e. The highest BCUT2D eigenvalue weighted by Gasteiger charge is 2.19. The van der Waals surface area contributed by atoms with Gasteiger partial charge in [0.05, 0.1) is 19.8 Å². The Bertz CT molecular complexity index is 1020. The summed E-state index contributed by atoms with van der Waals surface area (Å²) in [6.45, 7) is 0. The zero-order chi connectivity index (χ0) is 20.6. The lowest BCUT2D eigenvalue weighted by atomic mass is 10.1. The Morgan fingerprint density at radius 2 is 1.45 bits per heavy atom. The molecule has 0 atom stereocenters. The minimum Gasteiger partial charge on any atom is -0.497 e. The molecule has 3 aromatic carbocycles. The Morgan fingerprint density at radius 1 is 0.759 bits per heavy atom. The highest BCUT2D eigenvalue weighted by Crippen LogP contribution is 2.30. The maximum atomic E-state index is 12.9. The molecule has 0 heterocycles. The molecule has 0 aliphatic rings. The molecule has 146 valence electrons. The second kappa shape index (κ2) is 9.37. The fraction of sp³-hybridized carbons (Fsp3) is 0.0833. The first-order chi connectivity index (χ1) is 14.1. The third kappa shape index (κ3) is 4.90. The predicted octanol–water partition coefficient (Wildman–Crippen LogP) is 4.82. The summed E-state index contributed by atoms with van der Waals surface area (Å²) in [4.78, 5) is 25.3. The minimum absolute atomic E-state index is 0.141. The number of ketones is 1. The van der Waals surface area contributed by atoms with Gasteiger partial charge in [-0.2, -0.15) is 0 Å². The molecule has 0 radical (unpaired) electrons. The Morgan fingerprint density at radius 3 is 2.10 bits per heavy atom. The average molecular weight is 388 g/mol. The highest BCUT2D eigenvalue weighted by molar-refractivity contribution is 6.11. The number of rotatable bonds is 7. The van der Waals surface area contributed by atoms with E-state index >= 15 is 0 Å². The van der Waals surface area contributed by atoms with E-state index in [1.54, 1.807) is 73.8 Å². The van der Waals surface area contributed by atoms with Gasteiger partial charge in [0.1, 0.15) is 22.8 Å². The summed E-state index contributed by atoms with van der Waals surface area (Å²) in [6, 6.07) is 20.7. The summed E-state index contributed by atoms with van der Waals surface area (Å²) in [5.41, 5.74) is 1.41. The number of hydrogen-bond acceptors (Lipinski definition) is 5. The molecular weight excluding hydrogens is 368 g/mol. The number of benzene rings is 3. The molecule has 0 aliphatic heterocycles. The first kappa shape index (κ1) is 19.9. The molecule has 0 aromatic heterocycles.